The molecule has 0 bridgehead atoms. The first-order valence-electron chi connectivity index (χ1n) is 12.9. The minimum absolute atomic E-state index is 0.138. The monoisotopic (exact) mass is 538 g/mol. The number of carbonyl (C=O) groups excluding carboxylic acids is 3. The van der Waals surface area contributed by atoms with Gasteiger partial charge in [-0.2, -0.15) is 5.10 Å². The lowest BCUT2D eigenvalue weighted by Gasteiger charge is -2.29. The zero-order valence-corrected chi connectivity index (χ0v) is 22.0. The third-order valence-electron chi connectivity index (χ3n) is 7.39. The molecule has 1 atom stereocenters. The number of hydrogen-bond acceptors (Lipinski definition) is 4. The van der Waals surface area contributed by atoms with Gasteiger partial charge in [0, 0.05) is 29.9 Å². The van der Waals surface area contributed by atoms with E-state index in [0.29, 0.717) is 30.0 Å². The maximum absolute atomic E-state index is 14.9. The predicted molar refractivity (Wildman–Crippen MR) is 147 cm³/mol. The summed E-state index contributed by atoms with van der Waals surface area (Å²) in [7, 11) is 0. The van der Waals surface area contributed by atoms with E-state index in [0.717, 1.165) is 27.6 Å². The molecule has 0 saturated carbocycles. The van der Waals surface area contributed by atoms with E-state index in [-0.39, 0.29) is 23.5 Å². The van der Waals surface area contributed by atoms with Crippen LogP contribution in [0.25, 0.3) is 10.9 Å². The van der Waals surface area contributed by atoms with Gasteiger partial charge >= 0.3 is 6.03 Å². The van der Waals surface area contributed by atoms with Crippen LogP contribution in [0, 0.1) is 12.7 Å². The Hall–Kier alpha value is -4.99. The molecule has 4 amide bonds. The summed E-state index contributed by atoms with van der Waals surface area (Å²) in [5, 5.41) is 16.0. The van der Waals surface area contributed by atoms with Crippen molar-refractivity contribution in [1.29, 1.82) is 0 Å². The van der Waals surface area contributed by atoms with Crippen molar-refractivity contribution in [2.75, 3.05) is 5.32 Å². The lowest BCUT2D eigenvalue weighted by Crippen LogP contribution is -2.46. The normalized spacial score (nSPS) is 16.5. The molecule has 0 saturated heterocycles. The van der Waals surface area contributed by atoms with Crippen molar-refractivity contribution in [3.05, 3.63) is 106 Å². The van der Waals surface area contributed by atoms with Crippen molar-refractivity contribution in [1.82, 2.24) is 25.7 Å². The summed E-state index contributed by atoms with van der Waals surface area (Å²) in [6.07, 6.45) is 1.52. The summed E-state index contributed by atoms with van der Waals surface area (Å²) >= 11 is 0. The molecule has 4 N–H and O–H groups in total. The molecule has 9 nitrogen and oxygen atoms in total. The van der Waals surface area contributed by atoms with Crippen LogP contribution in [0.4, 0.5) is 14.9 Å². The van der Waals surface area contributed by atoms with Gasteiger partial charge in [-0.05, 0) is 66.4 Å². The van der Waals surface area contributed by atoms with Crippen LogP contribution in [0.1, 0.15) is 40.8 Å². The number of halogens is 1. The molecule has 0 aliphatic carbocycles. The average Bonchev–Trinajstić information content (AvgIpc) is 3.55. The van der Waals surface area contributed by atoms with Gasteiger partial charge in [0.25, 0.3) is 5.91 Å². The molecule has 0 fully saturated rings. The number of nitrogens with one attached hydrogen (secondary N) is 4. The highest BCUT2D eigenvalue weighted by molar-refractivity contribution is 6.07. The number of urea groups is 1. The third-order valence-corrected chi connectivity index (χ3v) is 7.39. The van der Waals surface area contributed by atoms with E-state index >= 15 is 0 Å². The summed E-state index contributed by atoms with van der Waals surface area (Å²) in [5.41, 5.74) is 6.06. The van der Waals surface area contributed by atoms with Crippen LogP contribution in [-0.2, 0) is 29.1 Å². The van der Waals surface area contributed by atoms with E-state index in [9.17, 15) is 18.8 Å². The molecule has 0 radical (unpaired) electrons. The molecule has 202 valence electrons. The number of amides is 4. The lowest BCUT2D eigenvalue weighted by atomic mass is 9.93. The predicted octanol–water partition coefficient (Wildman–Crippen LogP) is 4.36. The molecule has 1 aromatic heterocycles. The fourth-order valence-electron chi connectivity index (χ4n) is 5.35. The SMILES string of the molecule is CC1=C(C(=O)Nc2ccc3[nH]ncc3c2)C(c2ccc(F)c(CC(=O)N3Cc4ccc(C)cc4C3)c2)NC(=O)N1. The topological polar surface area (TPSA) is 119 Å². The number of benzene rings is 3. The Balaban J connectivity index is 1.24. The number of carbonyl (C=O) groups is 3. The summed E-state index contributed by atoms with van der Waals surface area (Å²) in [5.74, 6) is -1.14. The van der Waals surface area contributed by atoms with Crippen LogP contribution < -0.4 is 16.0 Å². The highest BCUT2D eigenvalue weighted by Gasteiger charge is 2.32. The molecule has 1 unspecified atom stereocenters. The van der Waals surface area contributed by atoms with Gasteiger partial charge in [-0.15, -0.1) is 0 Å². The molecule has 4 aromatic rings. The van der Waals surface area contributed by atoms with Crippen molar-refractivity contribution < 1.29 is 18.8 Å². The van der Waals surface area contributed by atoms with Gasteiger partial charge in [-0.1, -0.05) is 29.8 Å². The van der Waals surface area contributed by atoms with Gasteiger partial charge in [-0.3, -0.25) is 14.7 Å². The van der Waals surface area contributed by atoms with Crippen molar-refractivity contribution in [2.24, 2.45) is 0 Å². The first kappa shape index (κ1) is 25.3. The highest BCUT2D eigenvalue weighted by Crippen LogP contribution is 2.30. The molecule has 3 heterocycles. The molecule has 0 spiro atoms. The number of nitrogens with zero attached hydrogens (tertiary/aromatic N) is 2. The summed E-state index contributed by atoms with van der Waals surface area (Å²) in [4.78, 5) is 40.7. The number of aromatic amines is 1. The Morgan fingerprint density at radius 3 is 2.73 bits per heavy atom. The van der Waals surface area contributed by atoms with E-state index in [4.69, 9.17) is 0 Å². The number of fused-ring (bicyclic) bond motifs is 2. The summed E-state index contributed by atoms with van der Waals surface area (Å²) in [6.45, 7) is 4.61. The van der Waals surface area contributed by atoms with E-state index in [1.165, 1.54) is 12.1 Å². The molecule has 2 aliphatic heterocycles. The quantitative estimate of drug-likeness (QED) is 0.302. The number of hydrogen-bond donors (Lipinski definition) is 4. The van der Waals surface area contributed by atoms with Gasteiger partial charge in [0.15, 0.2) is 0 Å². The highest BCUT2D eigenvalue weighted by atomic mass is 19.1. The summed E-state index contributed by atoms with van der Waals surface area (Å²) in [6, 6.07) is 14.5. The van der Waals surface area contributed by atoms with Crippen LogP contribution in [-0.4, -0.2) is 32.9 Å². The molecular formula is C30H27FN6O3. The summed E-state index contributed by atoms with van der Waals surface area (Å²) < 4.78 is 14.9. The Bertz CT molecular complexity index is 1730. The van der Waals surface area contributed by atoms with E-state index in [1.54, 1.807) is 42.3 Å². The van der Waals surface area contributed by atoms with Crippen LogP contribution in [0.15, 0.2) is 72.1 Å². The Morgan fingerprint density at radius 2 is 1.88 bits per heavy atom. The van der Waals surface area contributed by atoms with E-state index in [1.807, 2.05) is 19.1 Å². The molecular weight excluding hydrogens is 511 g/mol. The number of H-pyrrole nitrogens is 1. The van der Waals surface area contributed by atoms with Crippen LogP contribution in [0.5, 0.6) is 0 Å². The smallest absolute Gasteiger partial charge is 0.319 e. The van der Waals surface area contributed by atoms with Crippen molar-refractivity contribution in [3.63, 3.8) is 0 Å². The minimum Gasteiger partial charge on any atom is -0.334 e. The third kappa shape index (κ3) is 4.79. The number of rotatable bonds is 5. The zero-order chi connectivity index (χ0) is 28.0. The minimum atomic E-state index is -0.847. The average molecular weight is 539 g/mol. The molecule has 6 rings (SSSR count). The molecule has 3 aromatic carbocycles. The van der Waals surface area contributed by atoms with Gasteiger partial charge in [-0.25, -0.2) is 9.18 Å². The second kappa shape index (κ2) is 9.96. The van der Waals surface area contributed by atoms with Gasteiger partial charge in [0.1, 0.15) is 5.82 Å². The number of aryl methyl sites for hydroxylation is 1. The fourth-order valence-corrected chi connectivity index (χ4v) is 5.35. The molecule has 40 heavy (non-hydrogen) atoms. The largest absolute Gasteiger partial charge is 0.334 e. The first-order valence-corrected chi connectivity index (χ1v) is 12.9. The maximum Gasteiger partial charge on any atom is 0.319 e. The lowest BCUT2D eigenvalue weighted by molar-refractivity contribution is -0.131. The van der Waals surface area contributed by atoms with Crippen LogP contribution in [0.3, 0.4) is 0 Å². The van der Waals surface area contributed by atoms with Crippen LogP contribution >= 0.6 is 0 Å². The number of allylic oxidation sites excluding steroid dienone is 1. The van der Waals surface area contributed by atoms with Crippen molar-refractivity contribution >= 4 is 34.4 Å². The molecule has 2 aliphatic rings. The number of anilines is 1. The van der Waals surface area contributed by atoms with Gasteiger partial charge < -0.3 is 20.9 Å². The molecule has 10 heteroatoms. The zero-order valence-electron chi connectivity index (χ0n) is 22.0. The standard InChI is InChI=1S/C30H27FN6O3/c1-16-3-4-19-14-37(15-22(19)9-16)26(38)12-20-10-18(5-7-24(20)31)28-27(17(2)33-30(40)35-28)29(39)34-23-6-8-25-21(11-23)13-32-36-25/h3-11,13,28H,12,14-15H2,1-2H3,(H,32,36)(H,34,39)(H2,33,35,40). The number of aromatic nitrogens is 2. The van der Waals surface area contributed by atoms with Crippen molar-refractivity contribution in [3.8, 4) is 0 Å². The van der Waals surface area contributed by atoms with Gasteiger partial charge in [0.05, 0.1) is 29.7 Å². The maximum atomic E-state index is 14.9. The van der Waals surface area contributed by atoms with Crippen molar-refractivity contribution in [2.45, 2.75) is 39.4 Å². The fraction of sp³-hybridized carbons (Fsp3) is 0.200. The van der Waals surface area contributed by atoms with Crippen LogP contribution in [0.2, 0.25) is 0 Å². The second-order valence-electron chi connectivity index (χ2n) is 10.2. The second-order valence-corrected chi connectivity index (χ2v) is 10.2. The van der Waals surface area contributed by atoms with Gasteiger partial charge in [0.2, 0.25) is 5.91 Å². The van der Waals surface area contributed by atoms with E-state index < -0.39 is 23.8 Å². The Labute approximate surface area is 229 Å². The Kier molecular flexibility index (Phi) is 6.30. The Morgan fingerprint density at radius 1 is 1.05 bits per heavy atom. The first-order chi connectivity index (χ1) is 19.2. The van der Waals surface area contributed by atoms with E-state index in [2.05, 4.69) is 32.2 Å².